The SMILES string of the molecule is Cn1nccc1C(=O)C1CCCC(N)C1. The monoisotopic (exact) mass is 207 g/mol. The molecule has 0 spiro atoms. The van der Waals surface area contributed by atoms with Crippen LogP contribution in [0, 0.1) is 5.92 Å². The summed E-state index contributed by atoms with van der Waals surface area (Å²) in [6.07, 6.45) is 5.57. The molecule has 1 aromatic heterocycles. The van der Waals surface area contributed by atoms with Crippen LogP contribution in [-0.4, -0.2) is 21.6 Å². The van der Waals surface area contributed by atoms with Crippen LogP contribution < -0.4 is 5.73 Å². The van der Waals surface area contributed by atoms with Crippen molar-refractivity contribution in [2.24, 2.45) is 18.7 Å². The number of nitrogens with zero attached hydrogens (tertiary/aromatic N) is 2. The van der Waals surface area contributed by atoms with Gasteiger partial charge in [-0.05, 0) is 25.3 Å². The van der Waals surface area contributed by atoms with Crippen molar-refractivity contribution in [1.29, 1.82) is 0 Å². The van der Waals surface area contributed by atoms with Crippen LogP contribution in [0.25, 0.3) is 0 Å². The summed E-state index contributed by atoms with van der Waals surface area (Å²) in [5.41, 5.74) is 6.58. The molecule has 1 fully saturated rings. The van der Waals surface area contributed by atoms with Crippen LogP contribution in [0.5, 0.6) is 0 Å². The summed E-state index contributed by atoms with van der Waals surface area (Å²) in [5.74, 6) is 0.300. The third kappa shape index (κ3) is 2.09. The number of nitrogens with two attached hydrogens (primary N) is 1. The topological polar surface area (TPSA) is 60.9 Å². The lowest BCUT2D eigenvalue weighted by molar-refractivity contribution is 0.0871. The van der Waals surface area contributed by atoms with E-state index in [1.165, 1.54) is 0 Å². The largest absolute Gasteiger partial charge is 0.328 e. The molecule has 0 radical (unpaired) electrons. The number of hydrogen-bond acceptors (Lipinski definition) is 3. The number of Topliss-reactive ketones (excluding diaryl/α,β-unsaturated/α-hetero) is 1. The van der Waals surface area contributed by atoms with Gasteiger partial charge in [0, 0.05) is 25.2 Å². The van der Waals surface area contributed by atoms with Crippen molar-refractivity contribution in [3.8, 4) is 0 Å². The maximum atomic E-state index is 12.1. The van der Waals surface area contributed by atoms with E-state index in [1.54, 1.807) is 24.0 Å². The average molecular weight is 207 g/mol. The molecule has 15 heavy (non-hydrogen) atoms. The first-order valence-electron chi connectivity index (χ1n) is 5.46. The van der Waals surface area contributed by atoms with Crippen molar-refractivity contribution in [2.45, 2.75) is 31.7 Å². The van der Waals surface area contributed by atoms with Gasteiger partial charge in [0.1, 0.15) is 5.69 Å². The standard InChI is InChI=1S/C11H17N3O/c1-14-10(5-6-13-14)11(15)8-3-2-4-9(12)7-8/h5-6,8-9H,2-4,7,12H2,1H3. The fourth-order valence-corrected chi connectivity index (χ4v) is 2.29. The average Bonchev–Trinajstić information content (AvgIpc) is 2.63. The first kappa shape index (κ1) is 10.4. The Bertz CT molecular complexity index is 358. The van der Waals surface area contributed by atoms with Crippen LogP contribution in [0.15, 0.2) is 12.3 Å². The van der Waals surface area contributed by atoms with Gasteiger partial charge in [-0.3, -0.25) is 9.48 Å². The molecule has 0 amide bonds. The van der Waals surface area contributed by atoms with Gasteiger partial charge in [0.15, 0.2) is 5.78 Å². The first-order chi connectivity index (χ1) is 7.18. The Labute approximate surface area is 89.5 Å². The number of carbonyl (C=O) groups excluding carboxylic acids is 1. The van der Waals surface area contributed by atoms with E-state index < -0.39 is 0 Å². The lowest BCUT2D eigenvalue weighted by atomic mass is 9.82. The van der Waals surface area contributed by atoms with E-state index in [4.69, 9.17) is 5.73 Å². The van der Waals surface area contributed by atoms with Crippen molar-refractivity contribution < 1.29 is 4.79 Å². The van der Waals surface area contributed by atoms with Gasteiger partial charge in [-0.2, -0.15) is 5.10 Å². The zero-order valence-corrected chi connectivity index (χ0v) is 9.02. The molecule has 1 aromatic rings. The van der Waals surface area contributed by atoms with E-state index in [9.17, 15) is 4.79 Å². The third-order valence-corrected chi connectivity index (χ3v) is 3.16. The minimum absolute atomic E-state index is 0.101. The molecule has 2 atom stereocenters. The predicted octanol–water partition coefficient (Wildman–Crippen LogP) is 1.12. The summed E-state index contributed by atoms with van der Waals surface area (Å²) >= 11 is 0. The van der Waals surface area contributed by atoms with E-state index >= 15 is 0 Å². The highest BCUT2D eigenvalue weighted by molar-refractivity contribution is 5.96. The van der Waals surface area contributed by atoms with E-state index in [0.717, 1.165) is 25.7 Å². The molecule has 0 aliphatic heterocycles. The van der Waals surface area contributed by atoms with Gasteiger partial charge < -0.3 is 5.73 Å². The smallest absolute Gasteiger partial charge is 0.183 e. The van der Waals surface area contributed by atoms with E-state index in [1.807, 2.05) is 0 Å². The Balaban J connectivity index is 2.11. The van der Waals surface area contributed by atoms with Gasteiger partial charge in [-0.15, -0.1) is 0 Å². The number of carbonyl (C=O) groups is 1. The van der Waals surface area contributed by atoms with Crippen molar-refractivity contribution in [3.05, 3.63) is 18.0 Å². The zero-order chi connectivity index (χ0) is 10.8. The molecule has 2 N–H and O–H groups in total. The van der Waals surface area contributed by atoms with E-state index in [-0.39, 0.29) is 17.7 Å². The highest BCUT2D eigenvalue weighted by Crippen LogP contribution is 2.26. The fraction of sp³-hybridized carbons (Fsp3) is 0.636. The van der Waals surface area contributed by atoms with Crippen molar-refractivity contribution in [1.82, 2.24) is 9.78 Å². The number of aryl methyl sites for hydroxylation is 1. The lowest BCUT2D eigenvalue weighted by Gasteiger charge is -2.25. The van der Waals surface area contributed by atoms with Crippen LogP contribution in [0.4, 0.5) is 0 Å². The summed E-state index contributed by atoms with van der Waals surface area (Å²) in [6.45, 7) is 0. The second kappa shape index (κ2) is 4.14. The molecule has 2 rings (SSSR count). The van der Waals surface area contributed by atoms with Crippen LogP contribution in [0.3, 0.4) is 0 Å². The summed E-state index contributed by atoms with van der Waals surface area (Å²) in [5, 5.41) is 4.02. The van der Waals surface area contributed by atoms with Gasteiger partial charge in [0.05, 0.1) is 0 Å². The van der Waals surface area contributed by atoms with Crippen molar-refractivity contribution >= 4 is 5.78 Å². The highest BCUT2D eigenvalue weighted by Gasteiger charge is 2.27. The minimum atomic E-state index is 0.101. The van der Waals surface area contributed by atoms with Gasteiger partial charge in [0.25, 0.3) is 0 Å². The molecule has 1 saturated carbocycles. The maximum Gasteiger partial charge on any atom is 0.183 e. The third-order valence-electron chi connectivity index (χ3n) is 3.16. The first-order valence-corrected chi connectivity index (χ1v) is 5.46. The molecule has 1 aliphatic carbocycles. The minimum Gasteiger partial charge on any atom is -0.328 e. The van der Waals surface area contributed by atoms with E-state index in [0.29, 0.717) is 5.69 Å². The normalized spacial score (nSPS) is 26.5. The van der Waals surface area contributed by atoms with Gasteiger partial charge in [0.2, 0.25) is 0 Å². The van der Waals surface area contributed by atoms with Crippen LogP contribution in [0.2, 0.25) is 0 Å². The van der Waals surface area contributed by atoms with Crippen LogP contribution in [0.1, 0.15) is 36.2 Å². The van der Waals surface area contributed by atoms with Gasteiger partial charge in [-0.1, -0.05) is 6.42 Å². The Morgan fingerprint density at radius 2 is 2.40 bits per heavy atom. The Kier molecular flexibility index (Phi) is 2.86. The van der Waals surface area contributed by atoms with Crippen LogP contribution >= 0.6 is 0 Å². The molecule has 82 valence electrons. The molecule has 0 saturated heterocycles. The Morgan fingerprint density at radius 1 is 1.60 bits per heavy atom. The van der Waals surface area contributed by atoms with Crippen molar-refractivity contribution in [2.75, 3.05) is 0 Å². The maximum absolute atomic E-state index is 12.1. The Morgan fingerprint density at radius 3 is 3.00 bits per heavy atom. The number of ketones is 1. The summed E-state index contributed by atoms with van der Waals surface area (Å²) < 4.78 is 1.64. The number of hydrogen-bond donors (Lipinski definition) is 1. The van der Waals surface area contributed by atoms with Crippen LogP contribution in [-0.2, 0) is 7.05 Å². The lowest BCUT2D eigenvalue weighted by Crippen LogP contribution is -2.32. The number of aromatic nitrogens is 2. The highest BCUT2D eigenvalue weighted by atomic mass is 16.1. The molecule has 4 heteroatoms. The predicted molar refractivity (Wildman–Crippen MR) is 57.5 cm³/mol. The molecule has 2 unspecified atom stereocenters. The Hall–Kier alpha value is -1.16. The summed E-state index contributed by atoms with van der Waals surface area (Å²) in [6, 6.07) is 1.98. The second-order valence-corrected chi connectivity index (χ2v) is 4.33. The number of rotatable bonds is 2. The molecule has 1 heterocycles. The van der Waals surface area contributed by atoms with Gasteiger partial charge in [-0.25, -0.2) is 0 Å². The summed E-state index contributed by atoms with van der Waals surface area (Å²) in [4.78, 5) is 12.1. The quantitative estimate of drug-likeness (QED) is 0.739. The zero-order valence-electron chi connectivity index (χ0n) is 9.02. The fourth-order valence-electron chi connectivity index (χ4n) is 2.29. The molecule has 0 bridgehead atoms. The molecular weight excluding hydrogens is 190 g/mol. The van der Waals surface area contributed by atoms with E-state index in [2.05, 4.69) is 5.10 Å². The molecular formula is C11H17N3O. The second-order valence-electron chi connectivity index (χ2n) is 4.33. The molecule has 1 aliphatic rings. The van der Waals surface area contributed by atoms with Crippen molar-refractivity contribution in [3.63, 3.8) is 0 Å². The molecule has 0 aromatic carbocycles. The van der Waals surface area contributed by atoms with Gasteiger partial charge >= 0.3 is 0 Å². The summed E-state index contributed by atoms with van der Waals surface area (Å²) in [7, 11) is 1.80. The molecule has 4 nitrogen and oxygen atoms in total.